The van der Waals surface area contributed by atoms with Gasteiger partial charge in [-0.15, -0.1) is 0 Å². The van der Waals surface area contributed by atoms with Crippen molar-refractivity contribution in [1.29, 1.82) is 0 Å². The number of furan rings is 1. The molecule has 2 N–H and O–H groups in total. The zero-order chi connectivity index (χ0) is 15.1. The Morgan fingerprint density at radius 3 is 2.25 bits per heavy atom. The van der Waals surface area contributed by atoms with Gasteiger partial charge in [0, 0.05) is 18.1 Å². The highest BCUT2D eigenvalue weighted by Crippen LogP contribution is 2.32. The lowest BCUT2D eigenvalue weighted by Gasteiger charge is -2.15. The number of hydrogen-bond acceptors (Lipinski definition) is 3. The van der Waals surface area contributed by atoms with Crippen LogP contribution in [0.2, 0.25) is 0 Å². The molecule has 3 nitrogen and oxygen atoms in total. The minimum atomic E-state index is -0.790. The van der Waals surface area contributed by atoms with E-state index in [1.165, 1.54) is 5.56 Å². The molecule has 1 heterocycles. The first-order valence-electron chi connectivity index (χ1n) is 7.07. The predicted molar refractivity (Wildman–Crippen MR) is 81.4 cm³/mol. The van der Waals surface area contributed by atoms with Crippen LogP contribution in [0.5, 0.6) is 0 Å². The lowest BCUT2D eigenvalue weighted by molar-refractivity contribution is 0.0605. The van der Waals surface area contributed by atoms with Crippen molar-refractivity contribution in [1.82, 2.24) is 0 Å². The van der Waals surface area contributed by atoms with Crippen molar-refractivity contribution in [3.8, 4) is 11.1 Å². The molecule has 3 heteroatoms. The highest BCUT2D eigenvalue weighted by molar-refractivity contribution is 5.66. The highest BCUT2D eigenvalue weighted by Gasteiger charge is 2.22. The van der Waals surface area contributed by atoms with Gasteiger partial charge < -0.3 is 14.6 Å². The van der Waals surface area contributed by atoms with E-state index in [0.717, 1.165) is 11.1 Å². The van der Waals surface area contributed by atoms with E-state index in [4.69, 9.17) is 9.52 Å². The molecule has 0 saturated heterocycles. The molecule has 1 aromatic carbocycles. The molecular weight excluding hydrogens is 252 g/mol. The Morgan fingerprint density at radius 2 is 1.70 bits per heavy atom. The second-order valence-corrected chi connectivity index (χ2v) is 4.67. The Hall–Kier alpha value is -1.58. The molecular formula is C17H24O3. The summed E-state index contributed by atoms with van der Waals surface area (Å²) in [6.45, 7) is 7.74. The van der Waals surface area contributed by atoms with Crippen LogP contribution in [-0.4, -0.2) is 16.8 Å². The fraction of sp³-hybridized carbons (Fsp3) is 0.412. The van der Waals surface area contributed by atoms with Crippen LogP contribution in [0.1, 0.15) is 38.2 Å². The van der Waals surface area contributed by atoms with E-state index in [2.05, 4.69) is 0 Å². The number of aliphatic hydroxyl groups excluding tert-OH is 2. The summed E-state index contributed by atoms with van der Waals surface area (Å²) in [6.07, 6.45) is 0.777. The molecule has 0 radical (unpaired) electrons. The van der Waals surface area contributed by atoms with Gasteiger partial charge >= 0.3 is 0 Å². The Bertz CT molecular complexity index is 499. The zero-order valence-electron chi connectivity index (χ0n) is 12.6. The fourth-order valence-electron chi connectivity index (χ4n) is 1.88. The van der Waals surface area contributed by atoms with E-state index in [0.29, 0.717) is 5.76 Å². The zero-order valence-corrected chi connectivity index (χ0v) is 12.6. The first-order chi connectivity index (χ1) is 9.63. The molecule has 2 atom stereocenters. The van der Waals surface area contributed by atoms with Gasteiger partial charge in [-0.25, -0.2) is 0 Å². The van der Waals surface area contributed by atoms with Crippen LogP contribution in [0.3, 0.4) is 0 Å². The van der Waals surface area contributed by atoms with Crippen LogP contribution in [0.25, 0.3) is 11.1 Å². The molecule has 2 aromatic rings. The molecule has 2 rings (SSSR count). The normalized spacial score (nSPS) is 13.3. The molecule has 0 aliphatic carbocycles. The molecule has 1 aromatic heterocycles. The SMILES string of the molecule is CC.Cc1ccc(-c2ccoc2C(O)C(C)CO)cc1. The fourth-order valence-corrected chi connectivity index (χ4v) is 1.88. The third-order valence-corrected chi connectivity index (χ3v) is 3.15. The molecule has 0 amide bonds. The summed E-state index contributed by atoms with van der Waals surface area (Å²) in [7, 11) is 0. The van der Waals surface area contributed by atoms with Crippen molar-refractivity contribution in [3.05, 3.63) is 47.9 Å². The molecule has 0 aliphatic heterocycles. The number of aryl methyl sites for hydroxylation is 1. The van der Waals surface area contributed by atoms with Gasteiger partial charge in [0.1, 0.15) is 11.9 Å². The smallest absolute Gasteiger partial charge is 0.140 e. The quantitative estimate of drug-likeness (QED) is 0.889. The first-order valence-corrected chi connectivity index (χ1v) is 7.07. The van der Waals surface area contributed by atoms with Gasteiger partial charge in [0.25, 0.3) is 0 Å². The van der Waals surface area contributed by atoms with E-state index in [1.54, 1.807) is 13.2 Å². The average molecular weight is 276 g/mol. The molecule has 2 unspecified atom stereocenters. The first kappa shape index (κ1) is 16.5. The Labute approximate surface area is 120 Å². The lowest BCUT2D eigenvalue weighted by Crippen LogP contribution is -2.12. The molecule has 0 spiro atoms. The molecule has 0 fully saturated rings. The average Bonchev–Trinajstić information content (AvgIpc) is 2.98. The number of benzene rings is 1. The van der Waals surface area contributed by atoms with Crippen LogP contribution in [0.4, 0.5) is 0 Å². The summed E-state index contributed by atoms with van der Waals surface area (Å²) < 4.78 is 5.37. The maximum absolute atomic E-state index is 10.1. The van der Waals surface area contributed by atoms with Crippen LogP contribution in [-0.2, 0) is 0 Å². The van der Waals surface area contributed by atoms with E-state index < -0.39 is 6.10 Å². The van der Waals surface area contributed by atoms with E-state index in [1.807, 2.05) is 51.1 Å². The Kier molecular flexibility index (Phi) is 6.49. The number of aliphatic hydroxyl groups is 2. The molecule has 110 valence electrons. The van der Waals surface area contributed by atoms with Crippen LogP contribution in [0.15, 0.2) is 41.0 Å². The monoisotopic (exact) mass is 276 g/mol. The Morgan fingerprint density at radius 1 is 1.10 bits per heavy atom. The molecule has 0 saturated carbocycles. The van der Waals surface area contributed by atoms with Gasteiger partial charge in [-0.3, -0.25) is 0 Å². The van der Waals surface area contributed by atoms with Crippen LogP contribution < -0.4 is 0 Å². The lowest BCUT2D eigenvalue weighted by atomic mass is 9.97. The largest absolute Gasteiger partial charge is 0.466 e. The highest BCUT2D eigenvalue weighted by atomic mass is 16.4. The summed E-state index contributed by atoms with van der Waals surface area (Å²) in [4.78, 5) is 0. The summed E-state index contributed by atoms with van der Waals surface area (Å²) in [5, 5.41) is 19.2. The van der Waals surface area contributed by atoms with Gasteiger partial charge in [-0.2, -0.15) is 0 Å². The van der Waals surface area contributed by atoms with Crippen molar-refractivity contribution >= 4 is 0 Å². The van der Waals surface area contributed by atoms with Gasteiger partial charge in [0.15, 0.2) is 0 Å². The van der Waals surface area contributed by atoms with Crippen molar-refractivity contribution in [2.75, 3.05) is 6.61 Å². The van der Waals surface area contributed by atoms with E-state index in [-0.39, 0.29) is 12.5 Å². The summed E-state index contributed by atoms with van der Waals surface area (Å²) >= 11 is 0. The van der Waals surface area contributed by atoms with Crippen molar-refractivity contribution < 1.29 is 14.6 Å². The minimum absolute atomic E-state index is 0.0742. The third-order valence-electron chi connectivity index (χ3n) is 3.15. The van der Waals surface area contributed by atoms with Crippen molar-refractivity contribution in [2.24, 2.45) is 5.92 Å². The van der Waals surface area contributed by atoms with Crippen molar-refractivity contribution in [3.63, 3.8) is 0 Å². The third kappa shape index (κ3) is 3.71. The summed E-state index contributed by atoms with van der Waals surface area (Å²) in [6, 6.07) is 9.88. The second kappa shape index (κ2) is 7.88. The summed E-state index contributed by atoms with van der Waals surface area (Å²) in [5.74, 6) is 0.265. The molecule has 20 heavy (non-hydrogen) atoms. The minimum Gasteiger partial charge on any atom is -0.466 e. The molecule has 0 aliphatic rings. The maximum atomic E-state index is 10.1. The molecule has 0 bridgehead atoms. The second-order valence-electron chi connectivity index (χ2n) is 4.67. The van der Waals surface area contributed by atoms with Gasteiger partial charge in [0.2, 0.25) is 0 Å². The topological polar surface area (TPSA) is 53.6 Å². The standard InChI is InChI=1S/C15H18O3.C2H6/c1-10-3-5-12(6-4-10)13-7-8-18-15(13)14(17)11(2)9-16;1-2/h3-8,11,14,16-17H,9H2,1-2H3;1-2H3. The van der Waals surface area contributed by atoms with Crippen LogP contribution >= 0.6 is 0 Å². The van der Waals surface area contributed by atoms with Crippen LogP contribution in [0, 0.1) is 12.8 Å². The summed E-state index contributed by atoms with van der Waals surface area (Å²) in [5.41, 5.74) is 3.07. The Balaban J connectivity index is 0.000000956. The van der Waals surface area contributed by atoms with Crippen molar-refractivity contribution in [2.45, 2.75) is 33.8 Å². The number of rotatable bonds is 4. The van der Waals surface area contributed by atoms with Gasteiger partial charge in [-0.1, -0.05) is 50.6 Å². The van der Waals surface area contributed by atoms with Gasteiger partial charge in [0.05, 0.1) is 6.26 Å². The van der Waals surface area contributed by atoms with Gasteiger partial charge in [-0.05, 0) is 18.6 Å². The number of hydrogen-bond donors (Lipinski definition) is 2. The van der Waals surface area contributed by atoms with E-state index >= 15 is 0 Å². The maximum Gasteiger partial charge on any atom is 0.140 e. The predicted octanol–water partition coefficient (Wildman–Crippen LogP) is 3.94. The van der Waals surface area contributed by atoms with E-state index in [9.17, 15) is 5.11 Å².